The predicted molar refractivity (Wildman–Crippen MR) is 102 cm³/mol. The third-order valence-corrected chi connectivity index (χ3v) is 5.28. The maximum atomic E-state index is 13.9. The Morgan fingerprint density at radius 3 is 2.55 bits per heavy atom. The van der Waals surface area contributed by atoms with E-state index in [-0.39, 0.29) is 28.9 Å². The van der Waals surface area contributed by atoms with Crippen LogP contribution >= 0.6 is 0 Å². The van der Waals surface area contributed by atoms with E-state index in [4.69, 9.17) is 0 Å². The van der Waals surface area contributed by atoms with Crippen molar-refractivity contribution in [2.45, 2.75) is 25.8 Å². The summed E-state index contributed by atoms with van der Waals surface area (Å²) in [5.74, 6) is -1.61. The van der Waals surface area contributed by atoms with Gasteiger partial charge in [0, 0.05) is 19.3 Å². The monoisotopic (exact) mass is 397 g/mol. The summed E-state index contributed by atoms with van der Waals surface area (Å²) in [6, 6.07) is 7.87. The molecule has 150 valence electrons. The lowest BCUT2D eigenvalue weighted by molar-refractivity contribution is 0.0682. The molecule has 0 radical (unpaired) electrons. The molecule has 1 aliphatic heterocycles. The summed E-state index contributed by atoms with van der Waals surface area (Å²) < 4.78 is 17.0. The van der Waals surface area contributed by atoms with Crippen LogP contribution in [0.5, 0.6) is 0 Å². The van der Waals surface area contributed by atoms with Crippen LogP contribution in [0.1, 0.15) is 45.4 Å². The normalized spacial score (nSPS) is 14.9. The number of piperidine rings is 1. The molecule has 3 heterocycles. The predicted octanol–water partition coefficient (Wildman–Crippen LogP) is 2.69. The summed E-state index contributed by atoms with van der Waals surface area (Å²) in [4.78, 5) is 25.7. The number of carbonyl (C=O) groups is 2. The number of amides is 1. The topological polar surface area (TPSA) is 93.3 Å². The number of carboxylic acids is 1. The lowest BCUT2D eigenvalue weighted by Crippen LogP contribution is -2.39. The van der Waals surface area contributed by atoms with Crippen molar-refractivity contribution < 1.29 is 19.1 Å². The van der Waals surface area contributed by atoms with E-state index in [2.05, 4.69) is 10.2 Å². The average Bonchev–Trinajstić information content (AvgIpc) is 3.35. The number of likely N-dealkylation sites (tertiary alicyclic amines) is 1. The maximum Gasteiger partial charge on any atom is 0.339 e. The lowest BCUT2D eigenvalue weighted by Gasteiger charge is -2.32. The first-order chi connectivity index (χ1) is 14.0. The molecule has 0 bridgehead atoms. The van der Waals surface area contributed by atoms with Crippen molar-refractivity contribution >= 4 is 11.9 Å². The van der Waals surface area contributed by atoms with E-state index in [1.54, 1.807) is 47.0 Å². The van der Waals surface area contributed by atoms with E-state index in [9.17, 15) is 19.1 Å². The zero-order valence-corrected chi connectivity index (χ0v) is 15.8. The fourth-order valence-electron chi connectivity index (χ4n) is 3.69. The fourth-order valence-corrected chi connectivity index (χ4v) is 3.69. The molecule has 1 fully saturated rings. The first-order valence-corrected chi connectivity index (χ1v) is 9.33. The number of para-hydroxylation sites is 1. The minimum Gasteiger partial charge on any atom is -0.478 e. The van der Waals surface area contributed by atoms with E-state index in [0.29, 0.717) is 31.6 Å². The van der Waals surface area contributed by atoms with Crippen LogP contribution < -0.4 is 0 Å². The van der Waals surface area contributed by atoms with Crippen molar-refractivity contribution in [2.24, 2.45) is 0 Å². The first kappa shape index (κ1) is 18.9. The Kier molecular flexibility index (Phi) is 4.87. The van der Waals surface area contributed by atoms with E-state index in [1.807, 2.05) is 0 Å². The number of carbonyl (C=O) groups excluding carboxylic acids is 1. The number of carboxylic acid groups (broad SMARTS) is 1. The van der Waals surface area contributed by atoms with E-state index < -0.39 is 11.8 Å². The van der Waals surface area contributed by atoms with Gasteiger partial charge in [0.2, 0.25) is 0 Å². The van der Waals surface area contributed by atoms with Gasteiger partial charge in [-0.3, -0.25) is 9.48 Å². The molecule has 0 aliphatic carbocycles. The van der Waals surface area contributed by atoms with Crippen molar-refractivity contribution in [3.05, 3.63) is 65.5 Å². The minimum atomic E-state index is -0.994. The second kappa shape index (κ2) is 7.50. The first-order valence-electron chi connectivity index (χ1n) is 9.33. The molecule has 0 saturated carbocycles. The highest BCUT2D eigenvalue weighted by Crippen LogP contribution is 2.25. The SMILES string of the molecule is Cc1c(C(=O)O)cnn1C1CCN(C(=O)c2ccn(-c3ccccc3F)n2)CC1. The molecule has 0 unspecified atom stereocenters. The quantitative estimate of drug-likeness (QED) is 0.731. The van der Waals surface area contributed by atoms with Gasteiger partial charge in [0.1, 0.15) is 17.1 Å². The van der Waals surface area contributed by atoms with Crippen LogP contribution in [-0.2, 0) is 0 Å². The van der Waals surface area contributed by atoms with Gasteiger partial charge in [-0.15, -0.1) is 0 Å². The standard InChI is InChI=1S/C20H20FN5O3/c1-13-15(20(28)29)12-22-26(13)14-6-9-24(10-7-14)19(27)17-8-11-25(23-17)18-5-3-2-4-16(18)21/h2-5,8,11-12,14H,6-7,9-10H2,1H3,(H,28,29). The lowest BCUT2D eigenvalue weighted by atomic mass is 10.0. The molecular formula is C20H20FN5O3. The number of hydrogen-bond donors (Lipinski definition) is 1. The summed E-state index contributed by atoms with van der Waals surface area (Å²) in [6.45, 7) is 2.76. The van der Waals surface area contributed by atoms with Crippen LogP contribution in [0.2, 0.25) is 0 Å². The minimum absolute atomic E-state index is 0.0446. The molecule has 4 rings (SSSR count). The van der Waals surface area contributed by atoms with Gasteiger partial charge >= 0.3 is 5.97 Å². The zero-order valence-electron chi connectivity index (χ0n) is 15.8. The number of aromatic carboxylic acids is 1. The number of nitrogens with zero attached hydrogens (tertiary/aromatic N) is 5. The molecule has 9 heteroatoms. The summed E-state index contributed by atoms with van der Waals surface area (Å²) in [6.07, 6.45) is 4.27. The van der Waals surface area contributed by atoms with Gasteiger partial charge in [-0.05, 0) is 38.0 Å². The van der Waals surface area contributed by atoms with Crippen molar-refractivity contribution in [3.63, 3.8) is 0 Å². The number of aromatic nitrogens is 4. The second-order valence-corrected chi connectivity index (χ2v) is 7.01. The molecule has 29 heavy (non-hydrogen) atoms. The Balaban J connectivity index is 1.43. The highest BCUT2D eigenvalue weighted by molar-refractivity contribution is 5.92. The zero-order chi connectivity index (χ0) is 20.5. The van der Waals surface area contributed by atoms with Gasteiger partial charge in [0.25, 0.3) is 5.91 Å². The Labute approximate surface area is 166 Å². The van der Waals surface area contributed by atoms with Crippen LogP contribution in [0.25, 0.3) is 5.69 Å². The second-order valence-electron chi connectivity index (χ2n) is 7.01. The van der Waals surface area contributed by atoms with Crippen molar-refractivity contribution in [2.75, 3.05) is 13.1 Å². The van der Waals surface area contributed by atoms with Gasteiger partial charge in [0.15, 0.2) is 5.69 Å². The molecule has 1 aromatic carbocycles. The third-order valence-electron chi connectivity index (χ3n) is 5.28. The largest absolute Gasteiger partial charge is 0.478 e. The van der Waals surface area contributed by atoms with E-state index in [1.165, 1.54) is 16.9 Å². The average molecular weight is 397 g/mol. The molecule has 0 spiro atoms. The molecule has 1 saturated heterocycles. The molecule has 1 aliphatic rings. The smallest absolute Gasteiger partial charge is 0.339 e. The Morgan fingerprint density at radius 1 is 1.17 bits per heavy atom. The molecule has 1 N–H and O–H groups in total. The number of benzene rings is 1. The van der Waals surface area contributed by atoms with Gasteiger partial charge in [-0.25, -0.2) is 13.9 Å². The highest BCUT2D eigenvalue weighted by Gasteiger charge is 2.28. The van der Waals surface area contributed by atoms with Crippen LogP contribution in [0.4, 0.5) is 4.39 Å². The van der Waals surface area contributed by atoms with Crippen LogP contribution in [0.15, 0.2) is 42.7 Å². The van der Waals surface area contributed by atoms with Gasteiger partial charge < -0.3 is 10.0 Å². The van der Waals surface area contributed by atoms with Gasteiger partial charge in [-0.2, -0.15) is 10.2 Å². The van der Waals surface area contributed by atoms with Crippen molar-refractivity contribution in [1.82, 2.24) is 24.5 Å². The number of hydrogen-bond acceptors (Lipinski definition) is 4. The highest BCUT2D eigenvalue weighted by atomic mass is 19.1. The Bertz CT molecular complexity index is 1070. The Hall–Kier alpha value is -3.49. The summed E-state index contributed by atoms with van der Waals surface area (Å²) in [5.41, 5.74) is 1.36. The van der Waals surface area contributed by atoms with Gasteiger partial charge in [0.05, 0.1) is 17.9 Å². The van der Waals surface area contributed by atoms with Crippen molar-refractivity contribution in [3.8, 4) is 5.69 Å². The van der Waals surface area contributed by atoms with Gasteiger partial charge in [-0.1, -0.05) is 12.1 Å². The van der Waals surface area contributed by atoms with Crippen molar-refractivity contribution in [1.29, 1.82) is 0 Å². The summed E-state index contributed by atoms with van der Waals surface area (Å²) >= 11 is 0. The summed E-state index contributed by atoms with van der Waals surface area (Å²) in [7, 11) is 0. The number of halogens is 1. The fraction of sp³-hybridized carbons (Fsp3) is 0.300. The Morgan fingerprint density at radius 2 is 1.90 bits per heavy atom. The molecule has 0 atom stereocenters. The molecular weight excluding hydrogens is 377 g/mol. The molecule has 3 aromatic rings. The third kappa shape index (κ3) is 3.51. The van der Waals surface area contributed by atoms with Crippen LogP contribution in [0.3, 0.4) is 0 Å². The van der Waals surface area contributed by atoms with E-state index in [0.717, 1.165) is 0 Å². The van der Waals surface area contributed by atoms with Crippen LogP contribution in [0, 0.1) is 12.7 Å². The molecule has 1 amide bonds. The molecule has 8 nitrogen and oxygen atoms in total. The maximum absolute atomic E-state index is 13.9. The number of rotatable bonds is 4. The van der Waals surface area contributed by atoms with E-state index >= 15 is 0 Å². The summed E-state index contributed by atoms with van der Waals surface area (Å²) in [5, 5.41) is 17.6. The molecule has 2 aromatic heterocycles. The van der Waals surface area contributed by atoms with Crippen LogP contribution in [-0.4, -0.2) is 54.5 Å².